The van der Waals surface area contributed by atoms with Gasteiger partial charge in [0.2, 0.25) is 0 Å². The molecule has 13 heavy (non-hydrogen) atoms. The van der Waals surface area contributed by atoms with E-state index in [1.165, 1.54) is 0 Å². The van der Waals surface area contributed by atoms with Crippen molar-refractivity contribution >= 4 is 12.1 Å². The molecule has 0 heterocycles. The molecule has 0 aliphatic heterocycles. The van der Waals surface area contributed by atoms with Gasteiger partial charge in [-0.05, 0) is 5.56 Å². The zero-order valence-corrected chi connectivity index (χ0v) is 7.19. The van der Waals surface area contributed by atoms with Crippen LogP contribution in [-0.4, -0.2) is 12.1 Å². The van der Waals surface area contributed by atoms with Crippen LogP contribution in [0.25, 0.3) is 0 Å². The molecule has 1 rings (SSSR count). The number of hydrogen-bond donors (Lipinski definition) is 1. The summed E-state index contributed by atoms with van der Waals surface area (Å²) < 4.78 is 0. The topological polar surface area (TPSA) is 60.2 Å². The monoisotopic (exact) mass is 177 g/mol. The van der Waals surface area contributed by atoms with Crippen LogP contribution in [0.1, 0.15) is 22.3 Å². The first-order chi connectivity index (χ1) is 6.29. The van der Waals surface area contributed by atoms with Gasteiger partial charge in [0.15, 0.2) is 5.78 Å². The molecule has 2 N–H and O–H groups in total. The van der Waals surface area contributed by atoms with Crippen molar-refractivity contribution < 1.29 is 9.59 Å². The SMILES string of the molecule is NCc1ccccc1C(=O)CC=O. The van der Waals surface area contributed by atoms with E-state index in [1.807, 2.05) is 6.07 Å². The molecule has 0 aliphatic rings. The highest BCUT2D eigenvalue weighted by atomic mass is 16.1. The normalized spacial score (nSPS) is 9.62. The zero-order chi connectivity index (χ0) is 9.68. The molecule has 1 aromatic carbocycles. The van der Waals surface area contributed by atoms with Crippen LogP contribution >= 0.6 is 0 Å². The second-order valence-electron chi connectivity index (χ2n) is 2.66. The Balaban J connectivity index is 2.98. The van der Waals surface area contributed by atoms with Crippen LogP contribution in [0.3, 0.4) is 0 Å². The molecule has 0 fully saturated rings. The first-order valence-corrected chi connectivity index (χ1v) is 4.04. The van der Waals surface area contributed by atoms with Gasteiger partial charge >= 0.3 is 0 Å². The molecule has 0 spiro atoms. The van der Waals surface area contributed by atoms with Crippen molar-refractivity contribution in [3.8, 4) is 0 Å². The molecule has 3 nitrogen and oxygen atoms in total. The predicted molar refractivity (Wildman–Crippen MR) is 49.3 cm³/mol. The molecule has 0 radical (unpaired) electrons. The minimum absolute atomic E-state index is 0.0724. The summed E-state index contributed by atoms with van der Waals surface area (Å²) in [5, 5.41) is 0. The fraction of sp³-hybridized carbons (Fsp3) is 0.200. The summed E-state index contributed by atoms with van der Waals surface area (Å²) in [4.78, 5) is 21.5. The molecule has 0 saturated heterocycles. The first kappa shape index (κ1) is 9.61. The van der Waals surface area contributed by atoms with Crippen LogP contribution in [0, 0.1) is 0 Å². The van der Waals surface area contributed by atoms with Gasteiger partial charge < -0.3 is 10.5 Å². The van der Waals surface area contributed by atoms with E-state index in [1.54, 1.807) is 18.2 Å². The summed E-state index contributed by atoms with van der Waals surface area (Å²) in [5.41, 5.74) is 6.78. The average Bonchev–Trinajstić information content (AvgIpc) is 2.18. The van der Waals surface area contributed by atoms with Crippen LogP contribution in [-0.2, 0) is 11.3 Å². The van der Waals surface area contributed by atoms with E-state index in [9.17, 15) is 9.59 Å². The predicted octanol–water partition coefficient (Wildman–Crippen LogP) is 0.917. The number of Topliss-reactive ketones (excluding diaryl/α,β-unsaturated/α-hetero) is 1. The van der Waals surface area contributed by atoms with E-state index in [0.29, 0.717) is 18.4 Å². The van der Waals surface area contributed by atoms with E-state index in [-0.39, 0.29) is 12.2 Å². The van der Waals surface area contributed by atoms with Crippen LogP contribution in [0.15, 0.2) is 24.3 Å². The van der Waals surface area contributed by atoms with Gasteiger partial charge in [0.1, 0.15) is 6.29 Å². The molecule has 68 valence electrons. The summed E-state index contributed by atoms with van der Waals surface area (Å²) in [6, 6.07) is 7.06. The van der Waals surface area contributed by atoms with Gasteiger partial charge in [-0.1, -0.05) is 24.3 Å². The Hall–Kier alpha value is -1.48. The molecule has 0 atom stereocenters. The largest absolute Gasteiger partial charge is 0.326 e. The van der Waals surface area contributed by atoms with Crippen LogP contribution in [0.4, 0.5) is 0 Å². The number of carbonyl (C=O) groups excluding carboxylic acids is 2. The lowest BCUT2D eigenvalue weighted by Gasteiger charge is -2.03. The summed E-state index contributed by atoms with van der Waals surface area (Å²) in [6.45, 7) is 0.320. The highest BCUT2D eigenvalue weighted by Gasteiger charge is 2.08. The van der Waals surface area contributed by atoms with Gasteiger partial charge in [0, 0.05) is 12.1 Å². The van der Waals surface area contributed by atoms with E-state index in [4.69, 9.17) is 5.73 Å². The maximum Gasteiger partial charge on any atom is 0.170 e. The molecular weight excluding hydrogens is 166 g/mol. The molecule has 0 saturated carbocycles. The van der Waals surface area contributed by atoms with Gasteiger partial charge in [0.25, 0.3) is 0 Å². The summed E-state index contributed by atoms with van der Waals surface area (Å²) in [6.07, 6.45) is 0.534. The van der Waals surface area contributed by atoms with Crippen molar-refractivity contribution in [2.24, 2.45) is 5.73 Å². The third-order valence-corrected chi connectivity index (χ3v) is 1.81. The second kappa shape index (κ2) is 4.52. The van der Waals surface area contributed by atoms with Gasteiger partial charge in [-0.25, -0.2) is 0 Å². The maximum absolute atomic E-state index is 11.3. The number of nitrogens with two attached hydrogens (primary N) is 1. The molecular formula is C10H11NO2. The number of rotatable bonds is 4. The van der Waals surface area contributed by atoms with Crippen molar-refractivity contribution in [3.05, 3.63) is 35.4 Å². The molecule has 0 amide bonds. The lowest BCUT2D eigenvalue weighted by Crippen LogP contribution is -2.07. The molecule has 1 aromatic rings. The van der Waals surface area contributed by atoms with Crippen LogP contribution in [0.5, 0.6) is 0 Å². The highest BCUT2D eigenvalue weighted by Crippen LogP contribution is 2.09. The van der Waals surface area contributed by atoms with E-state index < -0.39 is 0 Å². The minimum atomic E-state index is -0.170. The van der Waals surface area contributed by atoms with Crippen LogP contribution < -0.4 is 5.73 Å². The van der Waals surface area contributed by atoms with Crippen molar-refractivity contribution in [2.45, 2.75) is 13.0 Å². The zero-order valence-electron chi connectivity index (χ0n) is 7.19. The first-order valence-electron chi connectivity index (χ1n) is 4.04. The Labute approximate surface area is 76.6 Å². The van der Waals surface area contributed by atoms with Crippen molar-refractivity contribution in [1.29, 1.82) is 0 Å². The second-order valence-corrected chi connectivity index (χ2v) is 2.66. The average molecular weight is 177 g/mol. The maximum atomic E-state index is 11.3. The molecule has 0 aromatic heterocycles. The lowest BCUT2D eigenvalue weighted by atomic mass is 10.0. The summed E-state index contributed by atoms with van der Waals surface area (Å²) in [5.74, 6) is -0.170. The lowest BCUT2D eigenvalue weighted by molar-refractivity contribution is -0.107. The number of ketones is 1. The van der Waals surface area contributed by atoms with Gasteiger partial charge in [-0.15, -0.1) is 0 Å². The van der Waals surface area contributed by atoms with Gasteiger partial charge in [-0.2, -0.15) is 0 Å². The van der Waals surface area contributed by atoms with E-state index in [2.05, 4.69) is 0 Å². The highest BCUT2D eigenvalue weighted by molar-refractivity contribution is 6.03. The Kier molecular flexibility index (Phi) is 3.34. The Morgan fingerprint density at radius 2 is 2.08 bits per heavy atom. The quantitative estimate of drug-likeness (QED) is 0.422. The van der Waals surface area contributed by atoms with Crippen molar-refractivity contribution in [2.75, 3.05) is 0 Å². The number of benzene rings is 1. The molecule has 0 bridgehead atoms. The Morgan fingerprint density at radius 1 is 1.38 bits per heavy atom. The molecule has 3 heteroatoms. The fourth-order valence-corrected chi connectivity index (χ4v) is 1.16. The van der Waals surface area contributed by atoms with E-state index >= 15 is 0 Å². The van der Waals surface area contributed by atoms with Gasteiger partial charge in [0.05, 0.1) is 6.42 Å². The molecule has 0 unspecified atom stereocenters. The van der Waals surface area contributed by atoms with Crippen molar-refractivity contribution in [3.63, 3.8) is 0 Å². The van der Waals surface area contributed by atoms with Gasteiger partial charge in [-0.3, -0.25) is 4.79 Å². The smallest absolute Gasteiger partial charge is 0.170 e. The Morgan fingerprint density at radius 3 is 2.69 bits per heavy atom. The third kappa shape index (κ3) is 2.23. The Bertz CT molecular complexity index is 320. The van der Waals surface area contributed by atoms with Crippen LogP contribution in [0.2, 0.25) is 0 Å². The fourth-order valence-electron chi connectivity index (χ4n) is 1.16. The number of aldehydes is 1. The third-order valence-electron chi connectivity index (χ3n) is 1.81. The number of carbonyl (C=O) groups is 2. The standard InChI is InChI=1S/C10H11NO2/c11-7-8-3-1-2-4-9(8)10(13)5-6-12/h1-4,6H,5,7,11H2. The van der Waals surface area contributed by atoms with Crippen molar-refractivity contribution in [1.82, 2.24) is 0 Å². The number of hydrogen-bond acceptors (Lipinski definition) is 3. The summed E-state index contributed by atoms with van der Waals surface area (Å²) >= 11 is 0. The molecule has 0 aliphatic carbocycles. The van der Waals surface area contributed by atoms with E-state index in [0.717, 1.165) is 5.56 Å². The summed E-state index contributed by atoms with van der Waals surface area (Å²) in [7, 11) is 0. The minimum Gasteiger partial charge on any atom is -0.326 e.